The van der Waals surface area contributed by atoms with Crippen molar-refractivity contribution in [3.63, 3.8) is 0 Å². The summed E-state index contributed by atoms with van der Waals surface area (Å²) in [4.78, 5) is 40.5. The Balaban J connectivity index is 1.56. The number of hydrogen-bond acceptors (Lipinski definition) is 10. The van der Waals surface area contributed by atoms with Gasteiger partial charge in [0.1, 0.15) is 16.7 Å². The average Bonchev–Trinajstić information content (AvgIpc) is 3.70. The van der Waals surface area contributed by atoms with Crippen molar-refractivity contribution in [2.75, 3.05) is 5.32 Å². The van der Waals surface area contributed by atoms with Gasteiger partial charge in [-0.25, -0.2) is 38.5 Å². The van der Waals surface area contributed by atoms with Crippen LogP contribution in [0.5, 0.6) is 0 Å². The van der Waals surface area contributed by atoms with Crippen LogP contribution < -0.4 is 16.0 Å². The van der Waals surface area contributed by atoms with Crippen LogP contribution in [-0.4, -0.2) is 42.9 Å². The van der Waals surface area contributed by atoms with Gasteiger partial charge in [0.05, 0.1) is 34.9 Å². The van der Waals surface area contributed by atoms with Gasteiger partial charge in [-0.1, -0.05) is 6.92 Å². The van der Waals surface area contributed by atoms with Crippen LogP contribution in [0.2, 0.25) is 0 Å². The summed E-state index contributed by atoms with van der Waals surface area (Å²) in [6, 6.07) is 2.90. The molecule has 37 heavy (non-hydrogen) atoms. The quantitative estimate of drug-likeness (QED) is 0.350. The zero-order valence-corrected chi connectivity index (χ0v) is 21.6. The Kier molecular flexibility index (Phi) is 6.42. The lowest BCUT2D eigenvalue weighted by Crippen LogP contribution is -2.27. The number of sulfonamides is 1. The van der Waals surface area contributed by atoms with Gasteiger partial charge in [-0.2, -0.15) is 0 Å². The molecule has 1 aliphatic rings. The number of pyridine rings is 1. The van der Waals surface area contributed by atoms with Crippen molar-refractivity contribution < 1.29 is 8.42 Å². The molecule has 0 aliphatic heterocycles. The molecule has 4 aromatic rings. The molecular weight excluding hydrogens is 494 g/mol. The molecule has 13 heteroatoms. The van der Waals surface area contributed by atoms with Gasteiger partial charge >= 0.3 is 0 Å². The predicted octanol–water partition coefficient (Wildman–Crippen LogP) is 2.20. The van der Waals surface area contributed by atoms with Crippen LogP contribution in [0.4, 0.5) is 5.82 Å². The summed E-state index contributed by atoms with van der Waals surface area (Å²) in [6.07, 6.45) is 5.62. The molecule has 5 rings (SSSR count). The molecule has 3 N–H and O–H groups in total. The second kappa shape index (κ2) is 9.56. The third-order valence-electron chi connectivity index (χ3n) is 6.23. The first-order chi connectivity index (χ1) is 17.7. The Morgan fingerprint density at radius 3 is 2.51 bits per heavy atom. The predicted molar refractivity (Wildman–Crippen MR) is 137 cm³/mol. The number of nitrogens with one attached hydrogen (secondary N) is 1. The Labute approximate surface area is 213 Å². The third kappa shape index (κ3) is 4.91. The van der Waals surface area contributed by atoms with Crippen molar-refractivity contribution in [2.24, 2.45) is 5.14 Å². The van der Waals surface area contributed by atoms with Gasteiger partial charge in [-0.15, -0.1) is 0 Å². The number of aryl methyl sites for hydroxylation is 3. The van der Waals surface area contributed by atoms with Crippen LogP contribution in [-0.2, 0) is 23.1 Å². The van der Waals surface area contributed by atoms with E-state index < -0.39 is 10.0 Å². The molecule has 192 valence electrons. The maximum absolute atomic E-state index is 13.4. The molecule has 0 bridgehead atoms. The third-order valence-corrected chi connectivity index (χ3v) is 7.13. The highest BCUT2D eigenvalue weighted by Crippen LogP contribution is 2.43. The minimum absolute atomic E-state index is 0.0853. The topological polar surface area (TPSA) is 172 Å². The van der Waals surface area contributed by atoms with E-state index in [1.807, 2.05) is 20.8 Å². The van der Waals surface area contributed by atoms with E-state index >= 15 is 0 Å². The largest absolute Gasteiger partial charge is 0.360 e. The summed E-state index contributed by atoms with van der Waals surface area (Å²) in [7, 11) is -3.84. The summed E-state index contributed by atoms with van der Waals surface area (Å²) in [5.74, 6) is 1.01. The van der Waals surface area contributed by atoms with Crippen molar-refractivity contribution in [3.05, 3.63) is 57.8 Å². The molecule has 0 unspecified atom stereocenters. The van der Waals surface area contributed by atoms with E-state index in [9.17, 15) is 13.2 Å². The average molecular weight is 522 g/mol. The monoisotopic (exact) mass is 521 g/mol. The van der Waals surface area contributed by atoms with Crippen LogP contribution in [0.1, 0.15) is 54.9 Å². The zero-order valence-electron chi connectivity index (χ0n) is 20.8. The summed E-state index contributed by atoms with van der Waals surface area (Å²) in [5.41, 5.74) is 4.37. The zero-order chi connectivity index (χ0) is 26.3. The fourth-order valence-electron chi connectivity index (χ4n) is 4.21. The number of fused-ring (bicyclic) bond motifs is 1. The van der Waals surface area contributed by atoms with E-state index in [1.165, 1.54) is 18.3 Å². The van der Waals surface area contributed by atoms with Gasteiger partial charge < -0.3 is 5.32 Å². The lowest BCUT2D eigenvalue weighted by Gasteiger charge is -2.15. The first-order valence-electron chi connectivity index (χ1n) is 12.0. The minimum Gasteiger partial charge on any atom is -0.360 e. The number of aromatic nitrogens is 7. The van der Waals surface area contributed by atoms with Crippen molar-refractivity contribution in [1.29, 1.82) is 0 Å². The van der Waals surface area contributed by atoms with E-state index in [0.29, 0.717) is 47.3 Å². The first-order valence-corrected chi connectivity index (χ1v) is 13.5. The number of rotatable bonds is 8. The van der Waals surface area contributed by atoms with Gasteiger partial charge in [0.15, 0.2) is 17.3 Å². The molecule has 0 spiro atoms. The molecule has 4 aromatic heterocycles. The second-order valence-electron chi connectivity index (χ2n) is 9.10. The van der Waals surface area contributed by atoms with Gasteiger partial charge in [-0.05, 0) is 45.2 Å². The Hall–Kier alpha value is -3.84. The summed E-state index contributed by atoms with van der Waals surface area (Å²) in [5, 5.41) is 8.16. The molecule has 1 saturated carbocycles. The molecule has 0 radical (unpaired) electrons. The molecule has 0 atom stereocenters. The van der Waals surface area contributed by atoms with Crippen molar-refractivity contribution in [1.82, 2.24) is 34.5 Å². The fourth-order valence-corrected chi connectivity index (χ4v) is 4.66. The molecule has 1 fully saturated rings. The molecule has 0 aromatic carbocycles. The van der Waals surface area contributed by atoms with Crippen LogP contribution in [0, 0.1) is 13.8 Å². The maximum Gasteiger partial charge on any atom is 0.294 e. The van der Waals surface area contributed by atoms with Gasteiger partial charge in [0.25, 0.3) is 5.56 Å². The lowest BCUT2D eigenvalue weighted by atomic mass is 10.1. The van der Waals surface area contributed by atoms with E-state index in [-0.39, 0.29) is 22.8 Å². The Morgan fingerprint density at radius 2 is 1.86 bits per heavy atom. The maximum atomic E-state index is 13.4. The summed E-state index contributed by atoms with van der Waals surface area (Å²) >= 11 is 0. The molecule has 1 aliphatic carbocycles. The van der Waals surface area contributed by atoms with E-state index in [2.05, 4.69) is 25.3 Å². The molecule has 0 saturated heterocycles. The molecular formula is C24H27N9O3S. The van der Waals surface area contributed by atoms with Crippen LogP contribution in [0.15, 0.2) is 34.3 Å². The standard InChI is InChI=1S/C24H27N9O3S/c1-4-9-33-23-19(14(3)30-21(32-23)18-13(2)28-12-29-20(18)15-5-6-15)31-22(24(33)34)27-10-16-7-8-17(11-26-16)37(25,35)36/h7-8,11-12,15H,4-6,9-10H2,1-3H3,(H,27,31)(H2,25,35,36). The van der Waals surface area contributed by atoms with Gasteiger partial charge in [-0.3, -0.25) is 14.3 Å². The smallest absolute Gasteiger partial charge is 0.294 e. The molecule has 4 heterocycles. The minimum atomic E-state index is -3.84. The number of nitrogens with zero attached hydrogens (tertiary/aromatic N) is 7. The van der Waals surface area contributed by atoms with E-state index in [0.717, 1.165) is 29.8 Å². The highest BCUT2D eigenvalue weighted by molar-refractivity contribution is 7.89. The number of primary sulfonamides is 1. The van der Waals surface area contributed by atoms with E-state index in [1.54, 1.807) is 10.9 Å². The van der Waals surface area contributed by atoms with Gasteiger partial charge in [0.2, 0.25) is 10.0 Å². The highest BCUT2D eigenvalue weighted by atomic mass is 32.2. The SMILES string of the molecule is CCCn1c(=O)c(NCc2ccc(S(N)(=O)=O)cn2)nc2c(C)nc(-c3c(C)ncnc3C3CC3)nc21. The van der Waals surface area contributed by atoms with Gasteiger partial charge in [0, 0.05) is 18.7 Å². The normalized spacial score (nSPS) is 13.7. The summed E-state index contributed by atoms with van der Waals surface area (Å²) in [6.45, 7) is 6.35. The Morgan fingerprint density at radius 1 is 1.08 bits per heavy atom. The molecule has 12 nitrogen and oxygen atoms in total. The van der Waals surface area contributed by atoms with Crippen LogP contribution in [0.25, 0.3) is 22.6 Å². The number of hydrogen-bond donors (Lipinski definition) is 2. The second-order valence-corrected chi connectivity index (χ2v) is 10.7. The lowest BCUT2D eigenvalue weighted by molar-refractivity contribution is 0.597. The van der Waals surface area contributed by atoms with Crippen LogP contribution in [0.3, 0.4) is 0 Å². The first kappa shape index (κ1) is 24.8. The van der Waals surface area contributed by atoms with Crippen molar-refractivity contribution in [2.45, 2.75) is 63.9 Å². The van der Waals surface area contributed by atoms with Crippen LogP contribution >= 0.6 is 0 Å². The highest BCUT2D eigenvalue weighted by Gasteiger charge is 2.30. The molecule has 0 amide bonds. The number of anilines is 1. The van der Waals surface area contributed by atoms with Crippen molar-refractivity contribution in [3.8, 4) is 11.4 Å². The summed E-state index contributed by atoms with van der Waals surface area (Å²) < 4.78 is 24.5. The van der Waals surface area contributed by atoms with E-state index in [4.69, 9.17) is 15.1 Å². The number of nitrogens with two attached hydrogens (primary N) is 1. The van der Waals surface area contributed by atoms with Crippen molar-refractivity contribution >= 4 is 27.0 Å². The fraction of sp³-hybridized carbons (Fsp3) is 0.375. The Bertz CT molecular complexity index is 1660.